The largest absolute Gasteiger partial charge is 0.361 e. The molecular formula is C19H24N6O3. The third kappa shape index (κ3) is 3.56. The molecule has 0 aromatic carbocycles. The second-order valence-corrected chi connectivity index (χ2v) is 7.35. The van der Waals surface area contributed by atoms with Crippen LogP contribution in [-0.4, -0.2) is 37.5 Å². The minimum Gasteiger partial charge on any atom is -0.361 e. The first kappa shape index (κ1) is 18.4. The third-order valence-electron chi connectivity index (χ3n) is 5.30. The fraction of sp³-hybridized carbons (Fsp3) is 0.526. The van der Waals surface area contributed by atoms with Crippen LogP contribution in [0.5, 0.6) is 0 Å². The molecule has 9 nitrogen and oxygen atoms in total. The monoisotopic (exact) mass is 384 g/mol. The summed E-state index contributed by atoms with van der Waals surface area (Å²) < 4.78 is 12.4. The summed E-state index contributed by atoms with van der Waals surface area (Å²) in [6, 6.07) is 0. The standard InChI is InChI=1S/C19H24N6O3/c1-10-11(2)22-25(12(10)3)9-15-13(4)27-24-17(15)18(26)20-8-7-16-21-19(28-23-16)14-5-6-14/h14H,5-9H2,1-4H3,(H,20,26). The van der Waals surface area contributed by atoms with Crippen molar-refractivity contribution in [1.29, 1.82) is 0 Å². The minimum absolute atomic E-state index is 0.281. The van der Waals surface area contributed by atoms with Crippen LogP contribution in [0.3, 0.4) is 0 Å². The molecule has 3 aromatic rings. The van der Waals surface area contributed by atoms with E-state index in [1.807, 2.05) is 25.5 Å². The highest BCUT2D eigenvalue weighted by Gasteiger charge is 2.29. The first-order valence-electron chi connectivity index (χ1n) is 9.50. The van der Waals surface area contributed by atoms with Crippen LogP contribution in [0.4, 0.5) is 0 Å². The molecular weight excluding hydrogens is 360 g/mol. The SMILES string of the molecule is Cc1nn(Cc2c(C(=O)NCCc3noc(C4CC4)n3)noc2C)c(C)c1C. The van der Waals surface area contributed by atoms with Crippen molar-refractivity contribution in [3.05, 3.63) is 45.7 Å². The first-order valence-corrected chi connectivity index (χ1v) is 9.50. The van der Waals surface area contributed by atoms with Crippen molar-refractivity contribution in [3.8, 4) is 0 Å². The summed E-state index contributed by atoms with van der Waals surface area (Å²) in [4.78, 5) is 17.0. The zero-order valence-corrected chi connectivity index (χ0v) is 16.6. The number of rotatable bonds is 7. The maximum Gasteiger partial charge on any atom is 0.273 e. The summed E-state index contributed by atoms with van der Waals surface area (Å²) in [6.45, 7) is 8.66. The van der Waals surface area contributed by atoms with Crippen LogP contribution >= 0.6 is 0 Å². The van der Waals surface area contributed by atoms with E-state index in [-0.39, 0.29) is 11.6 Å². The lowest BCUT2D eigenvalue weighted by molar-refractivity contribution is 0.0944. The van der Waals surface area contributed by atoms with Crippen LogP contribution < -0.4 is 5.32 Å². The number of amides is 1. The number of aromatic nitrogens is 5. The average molecular weight is 384 g/mol. The molecule has 0 unspecified atom stereocenters. The summed E-state index contributed by atoms with van der Waals surface area (Å²) >= 11 is 0. The van der Waals surface area contributed by atoms with E-state index in [9.17, 15) is 4.79 Å². The summed E-state index contributed by atoms with van der Waals surface area (Å²) in [5, 5.41) is 15.3. The molecule has 0 aliphatic heterocycles. The lowest BCUT2D eigenvalue weighted by Crippen LogP contribution is -2.27. The summed E-state index contributed by atoms with van der Waals surface area (Å²) in [6.07, 6.45) is 2.73. The van der Waals surface area contributed by atoms with Crippen LogP contribution in [0.25, 0.3) is 0 Å². The smallest absolute Gasteiger partial charge is 0.273 e. The van der Waals surface area contributed by atoms with Gasteiger partial charge >= 0.3 is 0 Å². The van der Waals surface area contributed by atoms with E-state index < -0.39 is 0 Å². The third-order valence-corrected chi connectivity index (χ3v) is 5.30. The van der Waals surface area contributed by atoms with Crippen LogP contribution in [-0.2, 0) is 13.0 Å². The minimum atomic E-state index is -0.281. The van der Waals surface area contributed by atoms with Gasteiger partial charge in [-0.05, 0) is 46.1 Å². The van der Waals surface area contributed by atoms with Crippen LogP contribution in [0.15, 0.2) is 9.05 Å². The Kier molecular flexibility index (Phi) is 4.74. The van der Waals surface area contributed by atoms with Crippen molar-refractivity contribution < 1.29 is 13.8 Å². The number of hydrogen-bond acceptors (Lipinski definition) is 7. The van der Waals surface area contributed by atoms with Gasteiger partial charge in [-0.15, -0.1) is 0 Å². The van der Waals surface area contributed by atoms with Gasteiger partial charge in [-0.2, -0.15) is 10.1 Å². The Labute approximate surface area is 162 Å². The molecule has 9 heteroatoms. The Morgan fingerprint density at radius 3 is 2.64 bits per heavy atom. The molecule has 0 spiro atoms. The second-order valence-electron chi connectivity index (χ2n) is 7.35. The molecule has 1 N–H and O–H groups in total. The molecule has 1 fully saturated rings. The summed E-state index contributed by atoms with van der Waals surface area (Å²) in [5.74, 6) is 2.07. The Morgan fingerprint density at radius 1 is 1.18 bits per heavy atom. The predicted octanol–water partition coefficient (Wildman–Crippen LogP) is 2.39. The highest BCUT2D eigenvalue weighted by molar-refractivity contribution is 5.93. The lowest BCUT2D eigenvalue weighted by Gasteiger charge is -2.06. The van der Waals surface area contributed by atoms with Gasteiger partial charge in [0.1, 0.15) is 5.76 Å². The van der Waals surface area contributed by atoms with E-state index in [4.69, 9.17) is 9.05 Å². The van der Waals surface area contributed by atoms with E-state index >= 15 is 0 Å². The van der Waals surface area contributed by atoms with Crippen molar-refractivity contribution in [2.45, 2.75) is 59.4 Å². The van der Waals surface area contributed by atoms with Gasteiger partial charge in [0, 0.05) is 30.1 Å². The molecule has 148 valence electrons. The fourth-order valence-electron chi connectivity index (χ4n) is 3.08. The van der Waals surface area contributed by atoms with Gasteiger partial charge in [0.25, 0.3) is 5.91 Å². The van der Waals surface area contributed by atoms with Gasteiger partial charge in [-0.3, -0.25) is 9.48 Å². The van der Waals surface area contributed by atoms with Gasteiger partial charge < -0.3 is 14.4 Å². The number of nitrogens with one attached hydrogen (secondary N) is 1. The zero-order valence-electron chi connectivity index (χ0n) is 16.6. The van der Waals surface area contributed by atoms with Crippen molar-refractivity contribution in [3.63, 3.8) is 0 Å². The fourth-order valence-corrected chi connectivity index (χ4v) is 3.08. The second kappa shape index (κ2) is 7.21. The molecule has 3 aromatic heterocycles. The van der Waals surface area contributed by atoms with Gasteiger partial charge in [-0.1, -0.05) is 10.3 Å². The molecule has 3 heterocycles. The van der Waals surface area contributed by atoms with Crippen LogP contribution in [0.1, 0.15) is 69.2 Å². The van der Waals surface area contributed by atoms with Crippen molar-refractivity contribution in [2.24, 2.45) is 0 Å². The molecule has 4 rings (SSSR count). The molecule has 1 saturated carbocycles. The van der Waals surface area contributed by atoms with Crippen molar-refractivity contribution >= 4 is 5.91 Å². The van der Waals surface area contributed by atoms with E-state index in [2.05, 4.69) is 25.7 Å². The quantitative estimate of drug-likeness (QED) is 0.665. The molecule has 28 heavy (non-hydrogen) atoms. The average Bonchev–Trinajstić information content (AvgIpc) is 3.24. The van der Waals surface area contributed by atoms with E-state index in [1.54, 1.807) is 6.92 Å². The Morgan fingerprint density at radius 2 is 1.96 bits per heavy atom. The first-order chi connectivity index (χ1) is 13.4. The number of hydrogen-bond donors (Lipinski definition) is 1. The highest BCUT2D eigenvalue weighted by Crippen LogP contribution is 2.38. The Bertz CT molecular complexity index is 1010. The van der Waals surface area contributed by atoms with Crippen LogP contribution in [0.2, 0.25) is 0 Å². The van der Waals surface area contributed by atoms with Crippen molar-refractivity contribution in [2.75, 3.05) is 6.54 Å². The predicted molar refractivity (Wildman–Crippen MR) is 99.1 cm³/mol. The zero-order chi connectivity index (χ0) is 19.8. The van der Waals surface area contributed by atoms with Gasteiger partial charge in [0.2, 0.25) is 5.89 Å². The molecule has 0 bridgehead atoms. The van der Waals surface area contributed by atoms with Gasteiger partial charge in [0.15, 0.2) is 11.5 Å². The van der Waals surface area contributed by atoms with Crippen LogP contribution in [0, 0.1) is 27.7 Å². The topological polar surface area (TPSA) is 112 Å². The van der Waals surface area contributed by atoms with E-state index in [1.165, 1.54) is 0 Å². The molecule has 0 atom stereocenters. The van der Waals surface area contributed by atoms with E-state index in [0.29, 0.717) is 42.9 Å². The Hall–Kier alpha value is -2.97. The molecule has 0 radical (unpaired) electrons. The molecule has 1 amide bonds. The summed E-state index contributed by atoms with van der Waals surface area (Å²) in [5.41, 5.74) is 4.20. The van der Waals surface area contributed by atoms with E-state index in [0.717, 1.165) is 35.4 Å². The lowest BCUT2D eigenvalue weighted by atomic mass is 10.1. The van der Waals surface area contributed by atoms with Gasteiger partial charge in [0.05, 0.1) is 12.2 Å². The maximum absolute atomic E-state index is 12.6. The number of nitrogens with zero attached hydrogens (tertiary/aromatic N) is 5. The number of aryl methyl sites for hydroxylation is 2. The normalized spacial score (nSPS) is 13.9. The number of carbonyl (C=O) groups excluding carboxylic acids is 1. The maximum atomic E-state index is 12.6. The van der Waals surface area contributed by atoms with Crippen molar-refractivity contribution in [1.82, 2.24) is 30.4 Å². The summed E-state index contributed by atoms with van der Waals surface area (Å²) in [7, 11) is 0. The Balaban J connectivity index is 1.40. The highest BCUT2D eigenvalue weighted by atomic mass is 16.5. The molecule has 1 aliphatic carbocycles. The number of carbonyl (C=O) groups is 1. The molecule has 0 saturated heterocycles. The van der Waals surface area contributed by atoms with Gasteiger partial charge in [-0.25, -0.2) is 0 Å². The molecule has 1 aliphatic rings.